The minimum absolute atomic E-state index is 0.0304. The number of halogens is 1. The van der Waals surface area contributed by atoms with E-state index in [0.717, 1.165) is 15.7 Å². The Labute approximate surface area is 216 Å². The van der Waals surface area contributed by atoms with Crippen LogP contribution >= 0.6 is 11.6 Å². The van der Waals surface area contributed by atoms with Gasteiger partial charge in [-0.1, -0.05) is 48.4 Å². The number of rotatable bonds is 9. The molecular formula is C26H24ClN5O5. The molecule has 190 valence electrons. The summed E-state index contributed by atoms with van der Waals surface area (Å²) < 4.78 is 7.84. The summed E-state index contributed by atoms with van der Waals surface area (Å²) in [5.74, 6) is -1.14. The average Bonchev–Trinajstić information content (AvgIpc) is 2.87. The standard InChI is InChI=1S/C26H24ClN5O5/c1-16-3-5-18(6-4-16)15-31-24(30-25(35)32(26(31)36)14-17(2)23(33)34)29-20-8-10-21(11-9-20)37-22-12-7-19(27)13-28-22/h3-13,17H,14-15H2,1-2H3,(H,33,34)(H,29,30,35)/t17-/m1/s1. The van der Waals surface area contributed by atoms with Crippen LogP contribution in [0.4, 0.5) is 11.6 Å². The van der Waals surface area contributed by atoms with Crippen molar-refractivity contribution in [1.82, 2.24) is 19.1 Å². The third kappa shape index (κ3) is 6.42. The van der Waals surface area contributed by atoms with Crippen LogP contribution in [0.25, 0.3) is 0 Å². The molecule has 2 N–H and O–H groups in total. The topological polar surface area (TPSA) is 128 Å². The van der Waals surface area contributed by atoms with Crippen LogP contribution in [0.15, 0.2) is 76.4 Å². The Morgan fingerprint density at radius 3 is 2.38 bits per heavy atom. The van der Waals surface area contributed by atoms with E-state index in [1.54, 1.807) is 36.4 Å². The highest BCUT2D eigenvalue weighted by atomic mass is 35.5. The van der Waals surface area contributed by atoms with E-state index in [0.29, 0.717) is 22.3 Å². The van der Waals surface area contributed by atoms with Gasteiger partial charge in [-0.15, -0.1) is 0 Å². The molecular weight excluding hydrogens is 498 g/mol. The Bertz CT molecular complexity index is 1510. The first-order valence-corrected chi connectivity index (χ1v) is 11.7. The molecule has 1 atom stereocenters. The van der Waals surface area contributed by atoms with Crippen LogP contribution < -0.4 is 21.4 Å². The number of aryl methyl sites for hydroxylation is 1. The number of hydrogen-bond acceptors (Lipinski definition) is 7. The molecule has 0 unspecified atom stereocenters. The maximum absolute atomic E-state index is 13.3. The molecule has 2 heterocycles. The minimum Gasteiger partial charge on any atom is -0.481 e. The van der Waals surface area contributed by atoms with Gasteiger partial charge >= 0.3 is 17.3 Å². The van der Waals surface area contributed by atoms with E-state index in [4.69, 9.17) is 16.3 Å². The molecule has 0 aliphatic rings. The van der Waals surface area contributed by atoms with Crippen LogP contribution in [0, 0.1) is 12.8 Å². The fourth-order valence-corrected chi connectivity index (χ4v) is 3.54. The number of pyridine rings is 1. The fourth-order valence-electron chi connectivity index (χ4n) is 3.43. The number of nitrogens with zero attached hydrogens (tertiary/aromatic N) is 4. The first-order chi connectivity index (χ1) is 17.7. The summed E-state index contributed by atoms with van der Waals surface area (Å²) >= 11 is 5.85. The molecule has 37 heavy (non-hydrogen) atoms. The zero-order valence-electron chi connectivity index (χ0n) is 20.1. The van der Waals surface area contributed by atoms with Crippen molar-refractivity contribution in [2.24, 2.45) is 5.92 Å². The van der Waals surface area contributed by atoms with Gasteiger partial charge in [0, 0.05) is 24.5 Å². The zero-order valence-corrected chi connectivity index (χ0v) is 20.8. The molecule has 4 rings (SSSR count). The maximum Gasteiger partial charge on any atom is 0.354 e. The SMILES string of the molecule is Cc1ccc(Cn2c(Nc3ccc(Oc4ccc(Cl)cn4)cc3)nc(=O)n(C[C@@H](C)C(=O)O)c2=O)cc1. The van der Waals surface area contributed by atoms with Gasteiger partial charge in [-0.25, -0.2) is 19.1 Å². The van der Waals surface area contributed by atoms with E-state index in [9.17, 15) is 19.5 Å². The summed E-state index contributed by atoms with van der Waals surface area (Å²) in [5.41, 5.74) is 0.925. The number of carbonyl (C=O) groups is 1. The van der Waals surface area contributed by atoms with Crippen molar-refractivity contribution in [1.29, 1.82) is 0 Å². The van der Waals surface area contributed by atoms with Gasteiger partial charge in [0.2, 0.25) is 11.8 Å². The Morgan fingerprint density at radius 1 is 1.05 bits per heavy atom. The van der Waals surface area contributed by atoms with Crippen molar-refractivity contribution in [2.45, 2.75) is 26.9 Å². The highest BCUT2D eigenvalue weighted by molar-refractivity contribution is 6.30. The lowest BCUT2D eigenvalue weighted by atomic mass is 10.1. The number of ether oxygens (including phenoxy) is 1. The molecule has 0 saturated heterocycles. The van der Waals surface area contributed by atoms with Crippen LogP contribution in [0.5, 0.6) is 11.6 Å². The molecule has 2 aromatic heterocycles. The van der Waals surface area contributed by atoms with Crippen LogP contribution in [-0.4, -0.2) is 30.2 Å². The number of carboxylic acids is 1. The lowest BCUT2D eigenvalue weighted by molar-refractivity contribution is -0.141. The van der Waals surface area contributed by atoms with Crippen LogP contribution in [-0.2, 0) is 17.9 Å². The summed E-state index contributed by atoms with van der Waals surface area (Å²) in [6.07, 6.45) is 1.48. The van der Waals surface area contributed by atoms with Crippen LogP contribution in [0.3, 0.4) is 0 Å². The highest BCUT2D eigenvalue weighted by Gasteiger charge is 2.19. The van der Waals surface area contributed by atoms with Crippen LogP contribution in [0.2, 0.25) is 5.02 Å². The maximum atomic E-state index is 13.3. The molecule has 0 aliphatic carbocycles. The average molecular weight is 522 g/mol. The smallest absolute Gasteiger partial charge is 0.354 e. The molecule has 11 heteroatoms. The third-order valence-corrected chi connectivity index (χ3v) is 5.75. The minimum atomic E-state index is -1.12. The Balaban J connectivity index is 1.65. The Morgan fingerprint density at radius 2 is 1.76 bits per heavy atom. The van der Waals surface area contributed by atoms with Crippen molar-refractivity contribution in [2.75, 3.05) is 5.32 Å². The number of aromatic nitrogens is 4. The number of aliphatic carboxylic acids is 1. The monoisotopic (exact) mass is 521 g/mol. The van der Waals surface area contributed by atoms with Crippen molar-refractivity contribution in [3.05, 3.63) is 104 Å². The summed E-state index contributed by atoms with van der Waals surface area (Å²) in [7, 11) is 0. The number of benzene rings is 2. The summed E-state index contributed by atoms with van der Waals surface area (Å²) in [4.78, 5) is 45.5. The van der Waals surface area contributed by atoms with E-state index in [2.05, 4.69) is 15.3 Å². The second-order valence-corrected chi connectivity index (χ2v) is 8.92. The number of hydrogen-bond donors (Lipinski definition) is 2. The summed E-state index contributed by atoms with van der Waals surface area (Å²) in [5, 5.41) is 12.8. The molecule has 0 amide bonds. The van der Waals surface area contributed by atoms with Crippen molar-refractivity contribution in [3.63, 3.8) is 0 Å². The van der Waals surface area contributed by atoms with Gasteiger partial charge in [-0.3, -0.25) is 9.36 Å². The van der Waals surface area contributed by atoms with E-state index in [1.807, 2.05) is 31.2 Å². The van der Waals surface area contributed by atoms with Crippen molar-refractivity contribution < 1.29 is 14.6 Å². The lowest BCUT2D eigenvalue weighted by Gasteiger charge is -2.17. The quantitative estimate of drug-likeness (QED) is 0.337. The number of anilines is 2. The van der Waals surface area contributed by atoms with E-state index in [-0.39, 0.29) is 19.0 Å². The molecule has 0 aliphatic heterocycles. The van der Waals surface area contributed by atoms with Gasteiger partial charge in [-0.05, 0) is 42.8 Å². The lowest BCUT2D eigenvalue weighted by Crippen LogP contribution is -2.44. The van der Waals surface area contributed by atoms with Gasteiger partial charge in [0.15, 0.2) is 0 Å². The number of carboxylic acid groups (broad SMARTS) is 1. The van der Waals surface area contributed by atoms with Gasteiger partial charge in [0.25, 0.3) is 0 Å². The van der Waals surface area contributed by atoms with Gasteiger partial charge in [-0.2, -0.15) is 4.98 Å². The summed E-state index contributed by atoms with van der Waals surface area (Å²) in [6, 6.07) is 17.7. The largest absolute Gasteiger partial charge is 0.481 e. The Hall–Kier alpha value is -4.44. The first-order valence-electron chi connectivity index (χ1n) is 11.4. The predicted octanol–water partition coefficient (Wildman–Crippen LogP) is 4.07. The second kappa shape index (κ2) is 11.1. The van der Waals surface area contributed by atoms with Gasteiger partial charge in [0.05, 0.1) is 17.5 Å². The van der Waals surface area contributed by atoms with E-state index < -0.39 is 23.3 Å². The van der Waals surface area contributed by atoms with Gasteiger partial charge in [0.1, 0.15) is 5.75 Å². The fraction of sp³-hybridized carbons (Fsp3) is 0.192. The second-order valence-electron chi connectivity index (χ2n) is 8.49. The molecule has 4 aromatic rings. The summed E-state index contributed by atoms with van der Waals surface area (Å²) in [6.45, 7) is 3.21. The van der Waals surface area contributed by atoms with E-state index >= 15 is 0 Å². The highest BCUT2D eigenvalue weighted by Crippen LogP contribution is 2.23. The zero-order chi connectivity index (χ0) is 26.5. The Kier molecular flexibility index (Phi) is 7.69. The third-order valence-electron chi connectivity index (χ3n) is 5.52. The molecule has 0 radical (unpaired) electrons. The van der Waals surface area contributed by atoms with Crippen molar-refractivity contribution >= 4 is 29.2 Å². The molecule has 0 bridgehead atoms. The molecule has 0 saturated carbocycles. The number of nitrogens with one attached hydrogen (secondary N) is 1. The molecule has 0 fully saturated rings. The molecule has 2 aromatic carbocycles. The first kappa shape index (κ1) is 25.6. The van der Waals surface area contributed by atoms with Crippen LogP contribution in [0.1, 0.15) is 18.1 Å². The van der Waals surface area contributed by atoms with E-state index in [1.165, 1.54) is 17.7 Å². The normalized spacial score (nSPS) is 11.6. The molecule has 10 nitrogen and oxygen atoms in total. The van der Waals surface area contributed by atoms with Gasteiger partial charge < -0.3 is 15.2 Å². The molecule has 0 spiro atoms. The van der Waals surface area contributed by atoms with Crippen molar-refractivity contribution in [3.8, 4) is 11.6 Å². The predicted molar refractivity (Wildman–Crippen MR) is 139 cm³/mol.